The van der Waals surface area contributed by atoms with Gasteiger partial charge in [0.25, 0.3) is 0 Å². The van der Waals surface area contributed by atoms with Gasteiger partial charge in [-0.15, -0.1) is 11.3 Å². The van der Waals surface area contributed by atoms with Crippen molar-refractivity contribution in [2.24, 2.45) is 0 Å². The lowest BCUT2D eigenvalue weighted by atomic mass is 10.1. The maximum absolute atomic E-state index is 4.73. The van der Waals surface area contributed by atoms with E-state index < -0.39 is 0 Å². The van der Waals surface area contributed by atoms with Crippen molar-refractivity contribution < 1.29 is 0 Å². The fraction of sp³-hybridized carbons (Fsp3) is 0.462. The maximum Gasteiger partial charge on any atom is 0.0982 e. The van der Waals surface area contributed by atoms with Crippen LogP contribution in [0.3, 0.4) is 0 Å². The fourth-order valence-corrected chi connectivity index (χ4v) is 3.03. The lowest BCUT2D eigenvalue weighted by molar-refractivity contribution is 0.368. The van der Waals surface area contributed by atoms with Gasteiger partial charge in [0.05, 0.1) is 15.2 Å². The Morgan fingerprint density at radius 2 is 2.06 bits per heavy atom. The molecule has 2 nitrogen and oxygen atoms in total. The number of hydrogen-bond acceptors (Lipinski definition) is 3. The molecular weight excluding hydrogens is 216 g/mol. The fourth-order valence-electron chi connectivity index (χ4n) is 1.89. The highest BCUT2D eigenvalue weighted by molar-refractivity contribution is 7.18. The number of para-hydroxylation sites is 1. The molecule has 0 aliphatic heterocycles. The molecule has 1 atom stereocenters. The van der Waals surface area contributed by atoms with E-state index in [1.807, 2.05) is 11.3 Å². The first-order valence-corrected chi connectivity index (χ1v) is 6.52. The Hall–Kier alpha value is -0.930. The average molecular weight is 234 g/mol. The molecule has 86 valence electrons. The number of likely N-dealkylation sites (N-methyl/N-ethyl adjacent to an activating group) is 1. The van der Waals surface area contributed by atoms with Crippen molar-refractivity contribution >= 4 is 21.6 Å². The van der Waals surface area contributed by atoms with Gasteiger partial charge in [-0.25, -0.2) is 4.98 Å². The standard InChI is InChI=1S/C13H18N2S/c1-4-10(9-15(2)3)13-14-11-7-5-6-8-12(11)16-13/h5-8,10H,4,9H2,1-3H3. The summed E-state index contributed by atoms with van der Waals surface area (Å²) in [5, 5.41) is 1.28. The monoisotopic (exact) mass is 234 g/mol. The summed E-state index contributed by atoms with van der Waals surface area (Å²) in [5.74, 6) is 0.562. The third-order valence-corrected chi connectivity index (χ3v) is 3.94. The van der Waals surface area contributed by atoms with Crippen LogP contribution < -0.4 is 0 Å². The molecule has 3 heteroatoms. The maximum atomic E-state index is 4.73. The Morgan fingerprint density at radius 1 is 1.31 bits per heavy atom. The van der Waals surface area contributed by atoms with Crippen LogP contribution in [0.1, 0.15) is 24.3 Å². The Kier molecular flexibility index (Phi) is 3.56. The van der Waals surface area contributed by atoms with E-state index in [4.69, 9.17) is 4.98 Å². The van der Waals surface area contributed by atoms with Gasteiger partial charge in [0.2, 0.25) is 0 Å². The van der Waals surface area contributed by atoms with Gasteiger partial charge >= 0.3 is 0 Å². The van der Waals surface area contributed by atoms with E-state index in [0.29, 0.717) is 5.92 Å². The quantitative estimate of drug-likeness (QED) is 0.806. The summed E-state index contributed by atoms with van der Waals surface area (Å²) < 4.78 is 1.30. The Bertz CT molecular complexity index is 429. The zero-order valence-corrected chi connectivity index (χ0v) is 10.9. The van der Waals surface area contributed by atoms with Crippen LogP contribution in [-0.2, 0) is 0 Å². The van der Waals surface area contributed by atoms with Gasteiger partial charge in [0, 0.05) is 12.5 Å². The van der Waals surface area contributed by atoms with E-state index in [2.05, 4.69) is 50.2 Å². The van der Waals surface area contributed by atoms with Crippen LogP contribution in [0.4, 0.5) is 0 Å². The SMILES string of the molecule is CCC(CN(C)C)c1nc2ccccc2s1. The molecule has 1 unspecified atom stereocenters. The summed E-state index contributed by atoms with van der Waals surface area (Å²) in [4.78, 5) is 6.97. The van der Waals surface area contributed by atoms with Gasteiger partial charge in [-0.3, -0.25) is 0 Å². The van der Waals surface area contributed by atoms with Gasteiger partial charge in [-0.2, -0.15) is 0 Å². The molecule has 0 aliphatic carbocycles. The number of benzene rings is 1. The first kappa shape index (κ1) is 11.6. The van der Waals surface area contributed by atoms with E-state index >= 15 is 0 Å². The summed E-state index contributed by atoms with van der Waals surface area (Å²) in [6.07, 6.45) is 1.15. The van der Waals surface area contributed by atoms with Crippen LogP contribution in [0.5, 0.6) is 0 Å². The van der Waals surface area contributed by atoms with Crippen molar-refractivity contribution in [3.63, 3.8) is 0 Å². The van der Waals surface area contributed by atoms with Crippen molar-refractivity contribution in [2.45, 2.75) is 19.3 Å². The zero-order valence-electron chi connectivity index (χ0n) is 10.1. The molecule has 2 rings (SSSR count). The number of thiazole rings is 1. The van der Waals surface area contributed by atoms with Gasteiger partial charge in [-0.05, 0) is 32.6 Å². The largest absolute Gasteiger partial charge is 0.309 e. The highest BCUT2D eigenvalue weighted by atomic mass is 32.1. The molecule has 16 heavy (non-hydrogen) atoms. The molecule has 0 bridgehead atoms. The normalized spacial score (nSPS) is 13.5. The predicted octanol–water partition coefficient (Wildman–Crippen LogP) is 3.35. The van der Waals surface area contributed by atoms with Gasteiger partial charge in [0.15, 0.2) is 0 Å². The molecule has 1 aromatic carbocycles. The number of aromatic nitrogens is 1. The minimum Gasteiger partial charge on any atom is -0.309 e. The van der Waals surface area contributed by atoms with Crippen molar-refractivity contribution in [2.75, 3.05) is 20.6 Å². The molecule has 0 saturated carbocycles. The van der Waals surface area contributed by atoms with Crippen molar-refractivity contribution in [1.29, 1.82) is 0 Å². The highest BCUT2D eigenvalue weighted by Crippen LogP contribution is 2.29. The second-order valence-electron chi connectivity index (χ2n) is 4.39. The molecular formula is C13H18N2S. The molecule has 1 heterocycles. The summed E-state index contributed by atoms with van der Waals surface area (Å²) in [7, 11) is 4.24. The first-order valence-electron chi connectivity index (χ1n) is 5.71. The van der Waals surface area contributed by atoms with Gasteiger partial charge < -0.3 is 4.90 Å². The highest BCUT2D eigenvalue weighted by Gasteiger charge is 2.15. The lowest BCUT2D eigenvalue weighted by Gasteiger charge is -2.16. The lowest BCUT2D eigenvalue weighted by Crippen LogP contribution is -2.19. The Balaban J connectivity index is 2.30. The summed E-state index contributed by atoms with van der Waals surface area (Å²) in [5.41, 5.74) is 1.14. The Labute approximate surface area is 101 Å². The van der Waals surface area contributed by atoms with Crippen LogP contribution in [0, 0.1) is 0 Å². The van der Waals surface area contributed by atoms with Crippen molar-refractivity contribution in [1.82, 2.24) is 9.88 Å². The number of nitrogens with zero attached hydrogens (tertiary/aromatic N) is 2. The van der Waals surface area contributed by atoms with Crippen molar-refractivity contribution in [3.05, 3.63) is 29.3 Å². The molecule has 0 amide bonds. The molecule has 2 aromatic rings. The molecule has 0 spiro atoms. The minimum atomic E-state index is 0.562. The van der Waals surface area contributed by atoms with E-state index in [0.717, 1.165) is 18.5 Å². The molecule has 0 radical (unpaired) electrons. The van der Waals surface area contributed by atoms with Crippen LogP contribution in [0.15, 0.2) is 24.3 Å². The van der Waals surface area contributed by atoms with Crippen LogP contribution >= 0.6 is 11.3 Å². The number of hydrogen-bond donors (Lipinski definition) is 0. The molecule has 0 N–H and O–H groups in total. The smallest absolute Gasteiger partial charge is 0.0982 e. The third kappa shape index (κ3) is 2.42. The predicted molar refractivity (Wildman–Crippen MR) is 71.2 cm³/mol. The van der Waals surface area contributed by atoms with Crippen LogP contribution in [-0.4, -0.2) is 30.5 Å². The molecule has 0 saturated heterocycles. The Morgan fingerprint density at radius 3 is 2.69 bits per heavy atom. The van der Waals surface area contributed by atoms with E-state index in [1.54, 1.807) is 0 Å². The van der Waals surface area contributed by atoms with Gasteiger partial charge in [0.1, 0.15) is 0 Å². The second kappa shape index (κ2) is 4.93. The molecule has 0 aliphatic rings. The van der Waals surface area contributed by atoms with E-state index in [1.165, 1.54) is 9.71 Å². The second-order valence-corrected chi connectivity index (χ2v) is 5.45. The van der Waals surface area contributed by atoms with Gasteiger partial charge in [-0.1, -0.05) is 19.1 Å². The van der Waals surface area contributed by atoms with Crippen LogP contribution in [0.2, 0.25) is 0 Å². The average Bonchev–Trinajstić information content (AvgIpc) is 2.68. The topological polar surface area (TPSA) is 16.1 Å². The molecule has 0 fully saturated rings. The number of fused-ring (bicyclic) bond motifs is 1. The van der Waals surface area contributed by atoms with E-state index in [9.17, 15) is 0 Å². The van der Waals surface area contributed by atoms with Crippen LogP contribution in [0.25, 0.3) is 10.2 Å². The minimum absolute atomic E-state index is 0.562. The van der Waals surface area contributed by atoms with Crippen molar-refractivity contribution in [3.8, 4) is 0 Å². The van der Waals surface area contributed by atoms with E-state index in [-0.39, 0.29) is 0 Å². The summed E-state index contributed by atoms with van der Waals surface area (Å²) >= 11 is 1.83. The summed E-state index contributed by atoms with van der Waals surface area (Å²) in [6, 6.07) is 8.38. The summed E-state index contributed by atoms with van der Waals surface area (Å²) in [6.45, 7) is 3.32. The first-order chi connectivity index (χ1) is 7.70. The molecule has 1 aromatic heterocycles. The third-order valence-electron chi connectivity index (χ3n) is 2.74. The zero-order chi connectivity index (χ0) is 11.5. The number of rotatable bonds is 4.